The Hall–Kier alpha value is -2.10. The molecule has 70 valence electrons. The molecule has 4 heteroatoms. The summed E-state index contributed by atoms with van der Waals surface area (Å²) < 4.78 is 5.31. The molecule has 4 nitrogen and oxygen atoms in total. The van der Waals surface area contributed by atoms with Crippen molar-refractivity contribution in [2.24, 2.45) is 0 Å². The van der Waals surface area contributed by atoms with E-state index in [4.69, 9.17) is 9.52 Å². The zero-order chi connectivity index (χ0) is 9.97. The molecule has 0 atom stereocenters. The molecule has 1 N–H and O–H groups in total. The van der Waals surface area contributed by atoms with Gasteiger partial charge in [0, 0.05) is 17.7 Å². The number of carboxylic acid groups (broad SMARTS) is 1. The maximum Gasteiger partial charge on any atom is 0.328 e. The lowest BCUT2D eigenvalue weighted by Crippen LogP contribution is -1.84. The van der Waals surface area contributed by atoms with Gasteiger partial charge in [0.05, 0.1) is 6.20 Å². The van der Waals surface area contributed by atoms with Crippen molar-refractivity contribution in [3.63, 3.8) is 0 Å². The fraction of sp³-hybridized carbons (Fsp3) is 0. The molecule has 0 aromatic carbocycles. The third kappa shape index (κ3) is 1.64. The molecule has 0 spiro atoms. The number of carbonyl (C=O) groups is 1. The minimum absolute atomic E-state index is 0.510. The van der Waals surface area contributed by atoms with Crippen LogP contribution in [0.4, 0.5) is 0 Å². The number of aliphatic carboxylic acids is 1. The summed E-state index contributed by atoms with van der Waals surface area (Å²) in [5.74, 6) is -0.487. The number of carboxylic acids is 1. The summed E-state index contributed by atoms with van der Waals surface area (Å²) in [6.07, 6.45) is 5.68. The second kappa shape index (κ2) is 3.33. The maximum atomic E-state index is 10.2. The summed E-state index contributed by atoms with van der Waals surface area (Å²) in [6, 6.07) is 3.56. The summed E-state index contributed by atoms with van der Waals surface area (Å²) in [7, 11) is 0. The number of aromatic nitrogens is 1. The number of nitrogens with zero attached hydrogens (tertiary/aromatic N) is 1. The number of rotatable bonds is 2. The van der Waals surface area contributed by atoms with Gasteiger partial charge in [-0.15, -0.1) is 0 Å². The quantitative estimate of drug-likeness (QED) is 0.733. The van der Waals surface area contributed by atoms with Gasteiger partial charge in [-0.25, -0.2) is 4.79 Å². The molecule has 0 aliphatic rings. The molecule has 0 radical (unpaired) electrons. The van der Waals surface area contributed by atoms with Crippen LogP contribution in [0.5, 0.6) is 0 Å². The zero-order valence-corrected chi connectivity index (χ0v) is 7.18. The fourth-order valence-electron chi connectivity index (χ4n) is 1.14. The molecular weight excluding hydrogens is 182 g/mol. The first-order valence-electron chi connectivity index (χ1n) is 4.00. The van der Waals surface area contributed by atoms with Gasteiger partial charge in [0.25, 0.3) is 0 Å². The Morgan fingerprint density at radius 2 is 2.43 bits per heavy atom. The number of hydrogen-bond donors (Lipinski definition) is 1. The summed E-state index contributed by atoms with van der Waals surface area (Å²) in [6.45, 7) is 0. The van der Waals surface area contributed by atoms with E-state index in [1.54, 1.807) is 24.5 Å². The predicted molar refractivity (Wildman–Crippen MR) is 50.7 cm³/mol. The van der Waals surface area contributed by atoms with Gasteiger partial charge in [-0.2, -0.15) is 0 Å². The molecule has 14 heavy (non-hydrogen) atoms. The van der Waals surface area contributed by atoms with Crippen molar-refractivity contribution in [2.75, 3.05) is 0 Å². The SMILES string of the molecule is O=C(O)/C=C/c1cc2ccncc2o1. The molecule has 2 aromatic heterocycles. The summed E-state index contributed by atoms with van der Waals surface area (Å²) >= 11 is 0. The lowest BCUT2D eigenvalue weighted by Gasteiger charge is -1.82. The third-order valence-electron chi connectivity index (χ3n) is 1.73. The normalized spacial score (nSPS) is 11.1. The summed E-state index contributed by atoms with van der Waals surface area (Å²) in [5.41, 5.74) is 0.650. The molecule has 0 saturated heterocycles. The molecule has 2 rings (SSSR count). The monoisotopic (exact) mass is 189 g/mol. The molecule has 2 heterocycles. The zero-order valence-electron chi connectivity index (χ0n) is 7.18. The molecule has 0 fully saturated rings. The molecule has 0 aliphatic carbocycles. The van der Waals surface area contributed by atoms with Crippen LogP contribution in [-0.4, -0.2) is 16.1 Å². The standard InChI is InChI=1S/C10H7NO3/c12-10(13)2-1-8-5-7-3-4-11-6-9(7)14-8/h1-6H,(H,12,13)/b2-1+. The van der Waals surface area contributed by atoms with Crippen LogP contribution >= 0.6 is 0 Å². The Bertz CT molecular complexity index is 466. The van der Waals surface area contributed by atoms with Crippen LogP contribution in [0.25, 0.3) is 17.0 Å². The molecule has 0 aliphatic heterocycles. The van der Waals surface area contributed by atoms with Gasteiger partial charge < -0.3 is 9.52 Å². The van der Waals surface area contributed by atoms with E-state index < -0.39 is 5.97 Å². The van der Waals surface area contributed by atoms with Crippen LogP contribution in [0.2, 0.25) is 0 Å². The van der Waals surface area contributed by atoms with Gasteiger partial charge >= 0.3 is 5.97 Å². The maximum absolute atomic E-state index is 10.2. The summed E-state index contributed by atoms with van der Waals surface area (Å²) in [4.78, 5) is 14.1. The Balaban J connectivity index is 2.40. The van der Waals surface area contributed by atoms with Gasteiger partial charge in [-0.05, 0) is 18.2 Å². The molecule has 2 aromatic rings. The Morgan fingerprint density at radius 3 is 3.14 bits per heavy atom. The van der Waals surface area contributed by atoms with Crippen LogP contribution in [0.15, 0.2) is 35.0 Å². The number of pyridine rings is 1. The van der Waals surface area contributed by atoms with Gasteiger partial charge in [0.15, 0.2) is 5.58 Å². The summed E-state index contributed by atoms with van der Waals surface area (Å²) in [5, 5.41) is 9.32. The van der Waals surface area contributed by atoms with Gasteiger partial charge in [0.1, 0.15) is 5.76 Å². The lowest BCUT2D eigenvalue weighted by molar-refractivity contribution is -0.131. The van der Waals surface area contributed by atoms with Gasteiger partial charge in [0.2, 0.25) is 0 Å². The van der Waals surface area contributed by atoms with E-state index in [9.17, 15) is 4.79 Å². The topological polar surface area (TPSA) is 63.3 Å². The molecule has 0 bridgehead atoms. The van der Waals surface area contributed by atoms with E-state index in [1.807, 2.05) is 0 Å². The Labute approximate surface area is 79.5 Å². The van der Waals surface area contributed by atoms with E-state index in [2.05, 4.69) is 4.98 Å². The van der Waals surface area contributed by atoms with Crippen molar-refractivity contribution >= 4 is 23.0 Å². The predicted octanol–water partition coefficient (Wildman–Crippen LogP) is 1.93. The van der Waals surface area contributed by atoms with E-state index in [0.29, 0.717) is 11.3 Å². The lowest BCUT2D eigenvalue weighted by atomic mass is 10.3. The number of hydrogen-bond acceptors (Lipinski definition) is 3. The van der Waals surface area contributed by atoms with Crippen LogP contribution in [0, 0.1) is 0 Å². The minimum atomic E-state index is -0.997. The smallest absolute Gasteiger partial charge is 0.328 e. The van der Waals surface area contributed by atoms with Crippen molar-refractivity contribution in [2.45, 2.75) is 0 Å². The first-order chi connectivity index (χ1) is 6.75. The highest BCUT2D eigenvalue weighted by Gasteiger charge is 1.99. The van der Waals surface area contributed by atoms with Crippen LogP contribution in [0.1, 0.15) is 5.76 Å². The third-order valence-corrected chi connectivity index (χ3v) is 1.73. The second-order valence-corrected chi connectivity index (χ2v) is 2.73. The first kappa shape index (κ1) is 8.50. The fourth-order valence-corrected chi connectivity index (χ4v) is 1.14. The average Bonchev–Trinajstić information content (AvgIpc) is 2.57. The van der Waals surface area contributed by atoms with Crippen molar-refractivity contribution in [1.82, 2.24) is 4.98 Å². The van der Waals surface area contributed by atoms with E-state index in [-0.39, 0.29) is 0 Å². The Kier molecular flexibility index (Phi) is 2.02. The van der Waals surface area contributed by atoms with Gasteiger partial charge in [-0.3, -0.25) is 4.98 Å². The second-order valence-electron chi connectivity index (χ2n) is 2.73. The molecule has 0 amide bonds. The van der Waals surface area contributed by atoms with Crippen molar-refractivity contribution in [1.29, 1.82) is 0 Å². The molecule has 0 saturated carbocycles. The van der Waals surface area contributed by atoms with E-state index >= 15 is 0 Å². The van der Waals surface area contributed by atoms with Crippen molar-refractivity contribution in [3.8, 4) is 0 Å². The highest BCUT2D eigenvalue weighted by atomic mass is 16.4. The van der Waals surface area contributed by atoms with Crippen molar-refractivity contribution in [3.05, 3.63) is 36.4 Å². The van der Waals surface area contributed by atoms with Crippen LogP contribution < -0.4 is 0 Å². The van der Waals surface area contributed by atoms with E-state index in [1.165, 1.54) is 6.08 Å². The van der Waals surface area contributed by atoms with Gasteiger partial charge in [-0.1, -0.05) is 0 Å². The number of furan rings is 1. The minimum Gasteiger partial charge on any atom is -0.478 e. The van der Waals surface area contributed by atoms with Crippen LogP contribution in [-0.2, 0) is 4.79 Å². The van der Waals surface area contributed by atoms with E-state index in [0.717, 1.165) is 11.5 Å². The number of fused-ring (bicyclic) bond motifs is 1. The average molecular weight is 189 g/mol. The largest absolute Gasteiger partial charge is 0.478 e. The highest BCUT2D eigenvalue weighted by Crippen LogP contribution is 2.18. The van der Waals surface area contributed by atoms with Crippen LogP contribution in [0.3, 0.4) is 0 Å². The van der Waals surface area contributed by atoms with Crippen molar-refractivity contribution < 1.29 is 14.3 Å². The highest BCUT2D eigenvalue weighted by molar-refractivity contribution is 5.86. The molecular formula is C10H7NO3. The first-order valence-corrected chi connectivity index (χ1v) is 4.00. The molecule has 0 unspecified atom stereocenters. The Morgan fingerprint density at radius 1 is 1.57 bits per heavy atom.